The molecule has 63 heavy (non-hydrogen) atoms. The first-order chi connectivity index (χ1) is 30.6. The van der Waals surface area contributed by atoms with Crippen molar-refractivity contribution in [3.8, 4) is 0 Å². The number of hydrogen-bond donors (Lipinski definition) is 1. The number of allylic oxidation sites excluding steroid dienone is 8. The average Bonchev–Trinajstić information content (AvgIpc) is 3.24. The molecule has 0 aliphatic rings. The Labute approximate surface area is 387 Å². The molecule has 9 heteroatoms. The first-order valence-electron chi connectivity index (χ1n) is 25.8. The molecule has 0 fully saturated rings. The summed E-state index contributed by atoms with van der Waals surface area (Å²) in [5.74, 6) is -2.06. The number of aliphatic carboxylic acids is 1. The van der Waals surface area contributed by atoms with E-state index in [-0.39, 0.29) is 32.2 Å². The van der Waals surface area contributed by atoms with E-state index in [9.17, 15) is 19.5 Å². The first kappa shape index (κ1) is 60.2. The molecule has 0 bridgehead atoms. The zero-order chi connectivity index (χ0) is 46.3. The molecule has 0 radical (unpaired) electrons. The molecule has 0 aliphatic heterocycles. The molecule has 0 amide bonds. The maximum Gasteiger partial charge on any atom is 0.361 e. The van der Waals surface area contributed by atoms with Crippen molar-refractivity contribution in [2.45, 2.75) is 232 Å². The largest absolute Gasteiger partial charge is 0.477 e. The van der Waals surface area contributed by atoms with E-state index < -0.39 is 24.3 Å². The van der Waals surface area contributed by atoms with Crippen molar-refractivity contribution in [3.05, 3.63) is 48.6 Å². The van der Waals surface area contributed by atoms with Gasteiger partial charge in [0.25, 0.3) is 6.29 Å². The number of quaternary nitrogens is 1. The SMILES string of the molecule is CC/C=C\C/C=C\C/C=C\C/C=C\CCCCC(=O)OC(COC(=O)CCCCCCCCCCCCCCCCCCCCCCCCC)COC(OCC[N+](C)(C)C)C(=O)O. The Kier molecular flexibility index (Phi) is 43.8. The summed E-state index contributed by atoms with van der Waals surface area (Å²) in [5.41, 5.74) is 0. The Bertz CT molecular complexity index is 1170. The van der Waals surface area contributed by atoms with Crippen molar-refractivity contribution in [1.29, 1.82) is 0 Å². The van der Waals surface area contributed by atoms with Crippen LogP contribution in [0.1, 0.15) is 219 Å². The number of carboxylic acid groups (broad SMARTS) is 1. The molecule has 0 rings (SSSR count). The van der Waals surface area contributed by atoms with E-state index in [1.807, 2.05) is 21.1 Å². The van der Waals surface area contributed by atoms with E-state index in [1.54, 1.807) is 0 Å². The molecular formula is C54H98NO8+. The van der Waals surface area contributed by atoms with Crippen molar-refractivity contribution in [2.75, 3.05) is 47.5 Å². The van der Waals surface area contributed by atoms with Gasteiger partial charge < -0.3 is 28.5 Å². The quantitative estimate of drug-likeness (QED) is 0.0212. The predicted octanol–water partition coefficient (Wildman–Crippen LogP) is 14.3. The van der Waals surface area contributed by atoms with Crippen molar-refractivity contribution in [1.82, 2.24) is 0 Å². The van der Waals surface area contributed by atoms with Crippen LogP contribution in [0, 0.1) is 0 Å². The van der Waals surface area contributed by atoms with E-state index >= 15 is 0 Å². The van der Waals surface area contributed by atoms with Crippen molar-refractivity contribution < 1.29 is 42.9 Å². The summed E-state index contributed by atoms with van der Waals surface area (Å²) in [5, 5.41) is 9.66. The van der Waals surface area contributed by atoms with Crippen LogP contribution < -0.4 is 0 Å². The first-order valence-corrected chi connectivity index (χ1v) is 25.8. The number of carbonyl (C=O) groups is 3. The minimum absolute atomic E-state index is 0.179. The minimum atomic E-state index is -1.52. The summed E-state index contributed by atoms with van der Waals surface area (Å²) in [4.78, 5) is 37.2. The Balaban J connectivity index is 4.30. The van der Waals surface area contributed by atoms with Gasteiger partial charge >= 0.3 is 17.9 Å². The third kappa shape index (κ3) is 47.0. The molecule has 0 spiro atoms. The van der Waals surface area contributed by atoms with E-state index in [4.69, 9.17) is 18.9 Å². The van der Waals surface area contributed by atoms with Gasteiger partial charge in [0.05, 0.1) is 34.4 Å². The van der Waals surface area contributed by atoms with Gasteiger partial charge in [0.15, 0.2) is 6.10 Å². The molecule has 2 atom stereocenters. The number of hydrogen-bond acceptors (Lipinski definition) is 7. The van der Waals surface area contributed by atoms with Gasteiger partial charge in [-0.1, -0.05) is 204 Å². The molecule has 0 saturated heterocycles. The normalized spacial score (nSPS) is 13.2. The third-order valence-corrected chi connectivity index (χ3v) is 11.1. The van der Waals surface area contributed by atoms with Gasteiger partial charge in [-0.15, -0.1) is 0 Å². The summed E-state index contributed by atoms with van der Waals surface area (Å²) in [6, 6.07) is 0. The summed E-state index contributed by atoms with van der Waals surface area (Å²) < 4.78 is 22.7. The fourth-order valence-corrected chi connectivity index (χ4v) is 7.12. The Hall–Kier alpha value is -2.75. The van der Waals surface area contributed by atoms with Crippen LogP contribution in [0.25, 0.3) is 0 Å². The zero-order valence-electron chi connectivity index (χ0n) is 41.5. The number of rotatable bonds is 47. The molecule has 0 aromatic rings. The topological polar surface area (TPSA) is 108 Å². The van der Waals surface area contributed by atoms with Gasteiger partial charge in [-0.3, -0.25) is 9.59 Å². The highest BCUT2D eigenvalue weighted by atomic mass is 16.7. The van der Waals surface area contributed by atoms with Crippen molar-refractivity contribution in [3.63, 3.8) is 0 Å². The fourth-order valence-electron chi connectivity index (χ4n) is 7.12. The average molecular weight is 889 g/mol. The highest BCUT2D eigenvalue weighted by Gasteiger charge is 2.25. The lowest BCUT2D eigenvalue weighted by Crippen LogP contribution is -2.40. The molecular weight excluding hydrogens is 791 g/mol. The number of likely N-dealkylation sites (N-methyl/N-ethyl adjacent to an activating group) is 1. The van der Waals surface area contributed by atoms with Crippen LogP contribution in [0.15, 0.2) is 48.6 Å². The van der Waals surface area contributed by atoms with Gasteiger partial charge in [0, 0.05) is 12.8 Å². The predicted molar refractivity (Wildman–Crippen MR) is 263 cm³/mol. The zero-order valence-corrected chi connectivity index (χ0v) is 41.5. The maximum absolute atomic E-state index is 12.8. The molecule has 0 aromatic heterocycles. The number of carbonyl (C=O) groups excluding carboxylic acids is 2. The standard InChI is InChI=1S/C54H97NO8/c1-6-8-10-12-14-16-18-20-22-23-24-25-26-27-28-29-31-32-34-36-38-40-42-44-51(56)61-48-50(49-62-54(53(58)59)60-47-46-55(3,4)5)63-52(57)45-43-41-39-37-35-33-30-21-19-17-15-13-11-9-7-2/h9,11,15,17,21,30,35,37,50,54H,6-8,10,12-14,16,18-20,22-29,31-34,36,38-49H2,1-5H3/p+1/b11-9-,17-15-,30-21-,37-35-. The summed E-state index contributed by atoms with van der Waals surface area (Å²) in [7, 11) is 5.95. The monoisotopic (exact) mass is 889 g/mol. The Morgan fingerprint density at radius 2 is 0.905 bits per heavy atom. The molecule has 2 unspecified atom stereocenters. The van der Waals surface area contributed by atoms with Crippen LogP contribution in [-0.2, 0) is 33.3 Å². The molecule has 366 valence electrons. The number of ether oxygens (including phenoxy) is 4. The van der Waals surface area contributed by atoms with E-state index in [0.717, 1.165) is 57.8 Å². The maximum atomic E-state index is 12.8. The number of esters is 2. The lowest BCUT2D eigenvalue weighted by molar-refractivity contribution is -0.870. The number of carboxylic acids is 1. The summed E-state index contributed by atoms with van der Waals surface area (Å²) in [6.45, 7) is 4.73. The van der Waals surface area contributed by atoms with Crippen LogP contribution in [0.4, 0.5) is 0 Å². The van der Waals surface area contributed by atoms with Gasteiger partial charge in [0.1, 0.15) is 13.2 Å². The van der Waals surface area contributed by atoms with Gasteiger partial charge in [-0.25, -0.2) is 4.79 Å². The van der Waals surface area contributed by atoms with Crippen LogP contribution >= 0.6 is 0 Å². The van der Waals surface area contributed by atoms with Crippen LogP contribution in [0.2, 0.25) is 0 Å². The fraction of sp³-hybridized carbons (Fsp3) is 0.796. The van der Waals surface area contributed by atoms with Gasteiger partial charge in [-0.2, -0.15) is 0 Å². The lowest BCUT2D eigenvalue weighted by atomic mass is 10.0. The second-order valence-electron chi connectivity index (χ2n) is 18.5. The number of nitrogens with zero attached hydrogens (tertiary/aromatic N) is 1. The molecule has 1 N–H and O–H groups in total. The highest BCUT2D eigenvalue weighted by Crippen LogP contribution is 2.16. The Morgan fingerprint density at radius 3 is 1.35 bits per heavy atom. The summed E-state index contributed by atoms with van der Waals surface area (Å²) >= 11 is 0. The second-order valence-corrected chi connectivity index (χ2v) is 18.5. The number of unbranched alkanes of at least 4 members (excludes halogenated alkanes) is 24. The molecule has 0 aliphatic carbocycles. The van der Waals surface area contributed by atoms with Crippen LogP contribution in [0.5, 0.6) is 0 Å². The highest BCUT2D eigenvalue weighted by molar-refractivity contribution is 5.71. The molecule has 0 heterocycles. The van der Waals surface area contributed by atoms with Gasteiger partial charge in [0.2, 0.25) is 0 Å². The molecule has 9 nitrogen and oxygen atoms in total. The van der Waals surface area contributed by atoms with Crippen molar-refractivity contribution in [2.24, 2.45) is 0 Å². The third-order valence-electron chi connectivity index (χ3n) is 11.1. The molecule has 0 aromatic carbocycles. The second kappa shape index (κ2) is 45.8. The summed E-state index contributed by atoms with van der Waals surface area (Å²) in [6.07, 6.45) is 51.9. The van der Waals surface area contributed by atoms with E-state index in [1.165, 1.54) is 128 Å². The van der Waals surface area contributed by atoms with E-state index in [2.05, 4.69) is 62.5 Å². The smallest absolute Gasteiger partial charge is 0.361 e. The van der Waals surface area contributed by atoms with Crippen LogP contribution in [-0.4, -0.2) is 87.4 Å². The Morgan fingerprint density at radius 1 is 0.492 bits per heavy atom. The minimum Gasteiger partial charge on any atom is -0.477 e. The van der Waals surface area contributed by atoms with Gasteiger partial charge in [-0.05, 0) is 51.4 Å². The van der Waals surface area contributed by atoms with Crippen LogP contribution in [0.3, 0.4) is 0 Å². The lowest BCUT2D eigenvalue weighted by Gasteiger charge is -2.25. The van der Waals surface area contributed by atoms with Crippen molar-refractivity contribution >= 4 is 17.9 Å². The van der Waals surface area contributed by atoms with E-state index in [0.29, 0.717) is 23.9 Å². The molecule has 0 saturated carbocycles.